The number of hydrogen-bond acceptors (Lipinski definition) is 8. The zero-order chi connectivity index (χ0) is 16.8. The van der Waals surface area contributed by atoms with Crippen molar-refractivity contribution in [2.75, 3.05) is 12.9 Å². The van der Waals surface area contributed by atoms with Gasteiger partial charge < -0.3 is 9.84 Å². The van der Waals surface area contributed by atoms with Gasteiger partial charge in [0, 0.05) is 0 Å². The molecule has 2 aromatic rings. The van der Waals surface area contributed by atoms with Crippen LogP contribution in [0.2, 0.25) is 0 Å². The van der Waals surface area contributed by atoms with Gasteiger partial charge in [-0.3, -0.25) is 9.78 Å². The van der Waals surface area contributed by atoms with Gasteiger partial charge in [-0.2, -0.15) is 0 Å². The molecule has 0 saturated carbocycles. The van der Waals surface area contributed by atoms with Crippen molar-refractivity contribution in [3.8, 4) is 0 Å². The monoisotopic (exact) mass is 334 g/mol. The van der Waals surface area contributed by atoms with Gasteiger partial charge in [0.25, 0.3) is 5.56 Å². The number of fused-ring (bicyclic) bond motifs is 1. The third-order valence-electron chi connectivity index (χ3n) is 2.59. The van der Waals surface area contributed by atoms with Crippen molar-refractivity contribution in [3.05, 3.63) is 40.2 Å². The minimum Gasteiger partial charge on any atom is -0.508 e. The van der Waals surface area contributed by atoms with Crippen LogP contribution in [-0.4, -0.2) is 43.9 Å². The number of aliphatic hydroxyl groups is 1. The minimum absolute atomic E-state index is 0.0961. The maximum atomic E-state index is 11.9. The maximum Gasteiger partial charge on any atom is 0.334 e. The van der Waals surface area contributed by atoms with Crippen LogP contribution >= 0.6 is 11.8 Å². The smallest absolute Gasteiger partial charge is 0.334 e. The fourth-order valence-corrected chi connectivity index (χ4v) is 1.98. The van der Waals surface area contributed by atoms with Crippen molar-refractivity contribution < 1.29 is 14.6 Å². The number of nitrogens with zero attached hydrogens (tertiary/aromatic N) is 3. The summed E-state index contributed by atoms with van der Waals surface area (Å²) in [6.07, 6.45) is 6.80. The van der Waals surface area contributed by atoms with Gasteiger partial charge in [-0.15, -0.1) is 0 Å². The average molecular weight is 334 g/mol. The highest BCUT2D eigenvalue weighted by Gasteiger charge is 2.06. The molecule has 0 amide bonds. The molecule has 0 radical (unpaired) electrons. The molecule has 23 heavy (non-hydrogen) atoms. The van der Waals surface area contributed by atoms with Gasteiger partial charge in [0.15, 0.2) is 16.3 Å². The van der Waals surface area contributed by atoms with E-state index >= 15 is 0 Å². The van der Waals surface area contributed by atoms with Crippen LogP contribution < -0.4 is 5.56 Å². The fraction of sp³-hybridized carbons (Fsp3) is 0.214. The highest BCUT2D eigenvalue weighted by molar-refractivity contribution is 7.98. The number of esters is 1. The van der Waals surface area contributed by atoms with E-state index in [2.05, 4.69) is 24.7 Å². The Bertz CT molecular complexity index is 844. The highest BCUT2D eigenvalue weighted by Crippen LogP contribution is 2.10. The lowest BCUT2D eigenvalue weighted by Gasteiger charge is -1.99. The second-order valence-corrected chi connectivity index (χ2v) is 4.99. The van der Waals surface area contributed by atoms with Crippen LogP contribution in [0.15, 0.2) is 34.1 Å². The Morgan fingerprint density at radius 3 is 2.96 bits per heavy atom. The molecule has 0 bridgehead atoms. The van der Waals surface area contributed by atoms with E-state index < -0.39 is 11.5 Å². The molecular formula is C14H14N4O4S. The molecule has 0 aliphatic rings. The molecule has 2 rings (SSSR count). The van der Waals surface area contributed by atoms with Crippen LogP contribution in [0.4, 0.5) is 0 Å². The molecule has 0 atom stereocenters. The van der Waals surface area contributed by atoms with E-state index in [0.717, 1.165) is 6.08 Å². The number of hydrogen-bond donors (Lipinski definition) is 2. The first-order valence-corrected chi connectivity index (χ1v) is 7.82. The first-order valence-electron chi connectivity index (χ1n) is 6.60. The molecule has 120 valence electrons. The Morgan fingerprint density at radius 1 is 1.48 bits per heavy atom. The quantitative estimate of drug-likeness (QED) is 0.211. The van der Waals surface area contributed by atoms with E-state index in [0.29, 0.717) is 10.9 Å². The molecular weight excluding hydrogens is 320 g/mol. The normalized spacial score (nSPS) is 12.0. The van der Waals surface area contributed by atoms with E-state index in [-0.39, 0.29) is 23.5 Å². The predicted octanol–water partition coefficient (Wildman–Crippen LogP) is 1.45. The van der Waals surface area contributed by atoms with Crippen LogP contribution in [0.1, 0.15) is 12.6 Å². The molecule has 2 aromatic heterocycles. The van der Waals surface area contributed by atoms with E-state index in [1.807, 2.05) is 0 Å². The molecule has 0 saturated heterocycles. The second kappa shape index (κ2) is 7.54. The van der Waals surface area contributed by atoms with Gasteiger partial charge in [0.05, 0.1) is 24.6 Å². The van der Waals surface area contributed by atoms with Crippen LogP contribution in [0.25, 0.3) is 17.2 Å². The highest BCUT2D eigenvalue weighted by atomic mass is 32.2. The summed E-state index contributed by atoms with van der Waals surface area (Å²) in [4.78, 5) is 38.0. The second-order valence-electron chi connectivity index (χ2n) is 4.20. The Labute approximate surface area is 135 Å². The van der Waals surface area contributed by atoms with Gasteiger partial charge in [-0.25, -0.2) is 19.7 Å². The van der Waals surface area contributed by atoms with Crippen LogP contribution in [0.3, 0.4) is 0 Å². The van der Waals surface area contributed by atoms with Crippen LogP contribution in [0.5, 0.6) is 0 Å². The van der Waals surface area contributed by atoms with Crippen molar-refractivity contribution >= 4 is 35.0 Å². The van der Waals surface area contributed by atoms with Crippen LogP contribution in [0, 0.1) is 0 Å². The predicted molar refractivity (Wildman–Crippen MR) is 86.1 cm³/mol. The first-order chi connectivity index (χ1) is 11.0. The van der Waals surface area contributed by atoms with Gasteiger partial charge in [-0.05, 0) is 25.3 Å². The fourth-order valence-electron chi connectivity index (χ4n) is 1.61. The Balaban J connectivity index is 2.28. The molecule has 0 fully saturated rings. The number of carbonyl (C=O) groups is 1. The van der Waals surface area contributed by atoms with Crippen molar-refractivity contribution in [1.82, 2.24) is 19.9 Å². The Hall–Kier alpha value is -2.68. The number of nitrogens with one attached hydrogen (secondary N) is 1. The van der Waals surface area contributed by atoms with Crippen molar-refractivity contribution in [1.29, 1.82) is 0 Å². The molecule has 9 heteroatoms. The molecule has 0 spiro atoms. The maximum absolute atomic E-state index is 11.9. The summed E-state index contributed by atoms with van der Waals surface area (Å²) in [7, 11) is 0. The summed E-state index contributed by atoms with van der Waals surface area (Å²) in [5, 5.41) is 10.0. The Morgan fingerprint density at radius 2 is 2.26 bits per heavy atom. The molecule has 0 unspecified atom stereocenters. The Kier molecular flexibility index (Phi) is 5.47. The molecule has 8 nitrogen and oxygen atoms in total. The summed E-state index contributed by atoms with van der Waals surface area (Å²) in [5.41, 5.74) is 0.277. The van der Waals surface area contributed by atoms with Crippen molar-refractivity contribution in [3.63, 3.8) is 0 Å². The number of allylic oxidation sites excluding steroid dienone is 1. The molecule has 0 aliphatic carbocycles. The van der Waals surface area contributed by atoms with Gasteiger partial charge in [0.2, 0.25) is 0 Å². The summed E-state index contributed by atoms with van der Waals surface area (Å²) >= 11 is 1.29. The number of ether oxygens (including phenoxy) is 1. The number of carbonyl (C=O) groups excluding carboxylic acids is 1. The van der Waals surface area contributed by atoms with Gasteiger partial charge >= 0.3 is 5.97 Å². The number of aromatic amines is 1. The summed E-state index contributed by atoms with van der Waals surface area (Å²) < 4.78 is 4.67. The van der Waals surface area contributed by atoms with E-state index in [1.165, 1.54) is 30.1 Å². The van der Waals surface area contributed by atoms with Crippen molar-refractivity contribution in [2.24, 2.45) is 0 Å². The largest absolute Gasteiger partial charge is 0.508 e. The average Bonchev–Trinajstić information content (AvgIpc) is 2.53. The molecule has 0 aliphatic heterocycles. The summed E-state index contributed by atoms with van der Waals surface area (Å²) in [6, 6.07) is 0. The van der Waals surface area contributed by atoms with Crippen LogP contribution in [-0.2, 0) is 9.53 Å². The lowest BCUT2D eigenvalue weighted by atomic mass is 10.3. The van der Waals surface area contributed by atoms with E-state index in [9.17, 15) is 14.7 Å². The molecule has 0 aromatic carbocycles. The first kappa shape index (κ1) is 16.7. The topological polar surface area (TPSA) is 118 Å². The van der Waals surface area contributed by atoms with Gasteiger partial charge in [-0.1, -0.05) is 11.8 Å². The SMILES string of the molecule is CCOC(=O)/C=C(O)/C=C/c1cnc2nc(SC)[nH]c(=O)c2n1. The number of aromatic nitrogens is 4. The minimum atomic E-state index is -0.649. The zero-order valence-corrected chi connectivity index (χ0v) is 13.3. The summed E-state index contributed by atoms with van der Waals surface area (Å²) in [5.74, 6) is -0.945. The standard InChI is InChI=1S/C14H14N4O4S/c1-3-22-10(20)6-9(19)5-4-8-7-15-12-11(16-8)13(21)18-14(17-12)23-2/h4-7,19H,3H2,1-2H3,(H,15,17,18,21)/b5-4+,9-6-. The molecule has 2 heterocycles. The summed E-state index contributed by atoms with van der Waals surface area (Å²) in [6.45, 7) is 1.88. The number of thioether (sulfide) groups is 1. The van der Waals surface area contributed by atoms with E-state index in [4.69, 9.17) is 0 Å². The third kappa shape index (κ3) is 4.39. The van der Waals surface area contributed by atoms with Gasteiger partial charge in [0.1, 0.15) is 5.76 Å². The lowest BCUT2D eigenvalue weighted by molar-refractivity contribution is -0.137. The van der Waals surface area contributed by atoms with E-state index in [1.54, 1.807) is 13.2 Å². The number of H-pyrrole nitrogens is 1. The number of rotatable bonds is 5. The molecule has 2 N–H and O–H groups in total. The lowest BCUT2D eigenvalue weighted by Crippen LogP contribution is -2.12. The zero-order valence-electron chi connectivity index (χ0n) is 12.4. The third-order valence-corrected chi connectivity index (χ3v) is 3.17. The number of aliphatic hydroxyl groups excluding tert-OH is 1. The van der Waals surface area contributed by atoms with Crippen molar-refractivity contribution in [2.45, 2.75) is 12.1 Å².